The van der Waals surface area contributed by atoms with Gasteiger partial charge in [-0.2, -0.15) is 0 Å². The molecule has 0 aliphatic carbocycles. The summed E-state index contributed by atoms with van der Waals surface area (Å²) in [4.78, 5) is 11.2. The van der Waals surface area contributed by atoms with Crippen LogP contribution in [-0.2, 0) is 14.3 Å². The van der Waals surface area contributed by atoms with E-state index < -0.39 is 0 Å². The van der Waals surface area contributed by atoms with Crippen molar-refractivity contribution in [3.63, 3.8) is 0 Å². The summed E-state index contributed by atoms with van der Waals surface area (Å²) < 4.78 is 10.1. The van der Waals surface area contributed by atoms with E-state index in [4.69, 9.17) is 9.47 Å². The third-order valence-corrected chi connectivity index (χ3v) is 2.69. The van der Waals surface area contributed by atoms with Crippen LogP contribution in [-0.4, -0.2) is 24.8 Å². The molecule has 0 saturated carbocycles. The van der Waals surface area contributed by atoms with Crippen LogP contribution < -0.4 is 0 Å². The molecule has 0 unspecified atom stereocenters. The van der Waals surface area contributed by atoms with Crippen LogP contribution in [0.1, 0.15) is 52.4 Å². The molecule has 0 aromatic rings. The fraction of sp³-hybridized carbons (Fsp3) is 0.917. The van der Waals surface area contributed by atoms with Crippen LogP contribution in [0.15, 0.2) is 0 Å². The number of epoxide rings is 1. The molecule has 1 aliphatic heterocycles. The highest BCUT2D eigenvalue weighted by molar-refractivity contribution is 5.77. The highest BCUT2D eigenvalue weighted by Gasteiger charge is 2.45. The minimum absolute atomic E-state index is 0.144. The van der Waals surface area contributed by atoms with Crippen LogP contribution in [0.25, 0.3) is 0 Å². The summed E-state index contributed by atoms with van der Waals surface area (Å²) in [5.74, 6) is -0.184. The number of ether oxygens (including phenoxy) is 2. The molecule has 1 fully saturated rings. The molecule has 1 heterocycles. The van der Waals surface area contributed by atoms with E-state index in [1.165, 1.54) is 32.1 Å². The molecule has 88 valence electrons. The summed E-state index contributed by atoms with van der Waals surface area (Å²) in [7, 11) is 0. The van der Waals surface area contributed by atoms with Gasteiger partial charge in [0, 0.05) is 0 Å². The molecule has 0 radical (unpaired) electrons. The second-order valence-electron chi connectivity index (χ2n) is 4.05. The smallest absolute Gasteiger partial charge is 0.337 e. The lowest BCUT2D eigenvalue weighted by Gasteiger charge is -1.98. The van der Waals surface area contributed by atoms with Crippen LogP contribution in [0.5, 0.6) is 0 Å². The van der Waals surface area contributed by atoms with E-state index in [-0.39, 0.29) is 18.2 Å². The van der Waals surface area contributed by atoms with Gasteiger partial charge < -0.3 is 9.47 Å². The highest BCUT2D eigenvalue weighted by atomic mass is 16.6. The van der Waals surface area contributed by atoms with Crippen LogP contribution >= 0.6 is 0 Å². The van der Waals surface area contributed by atoms with Gasteiger partial charge in [0.05, 0.1) is 12.7 Å². The molecule has 0 aromatic carbocycles. The fourth-order valence-corrected chi connectivity index (χ4v) is 1.74. The average molecular weight is 214 g/mol. The Morgan fingerprint density at radius 1 is 1.20 bits per heavy atom. The number of carbonyl (C=O) groups is 1. The van der Waals surface area contributed by atoms with Gasteiger partial charge in [-0.1, -0.05) is 39.0 Å². The van der Waals surface area contributed by atoms with E-state index in [0.29, 0.717) is 6.61 Å². The van der Waals surface area contributed by atoms with E-state index in [0.717, 1.165) is 6.42 Å². The van der Waals surface area contributed by atoms with E-state index in [1.54, 1.807) is 0 Å². The van der Waals surface area contributed by atoms with Crippen LogP contribution in [0.2, 0.25) is 0 Å². The largest absolute Gasteiger partial charge is 0.464 e. The summed E-state index contributed by atoms with van der Waals surface area (Å²) in [6.45, 7) is 4.47. The summed E-state index contributed by atoms with van der Waals surface area (Å²) in [6, 6.07) is 0. The van der Waals surface area contributed by atoms with Crippen molar-refractivity contribution in [2.45, 2.75) is 64.6 Å². The molecule has 0 aromatic heterocycles. The van der Waals surface area contributed by atoms with Crippen molar-refractivity contribution in [2.24, 2.45) is 0 Å². The molecule has 0 amide bonds. The number of carbonyl (C=O) groups excluding carboxylic acids is 1. The zero-order valence-corrected chi connectivity index (χ0v) is 9.83. The second-order valence-corrected chi connectivity index (χ2v) is 4.05. The lowest BCUT2D eigenvalue weighted by Crippen LogP contribution is -2.13. The van der Waals surface area contributed by atoms with E-state index in [1.807, 2.05) is 6.92 Å². The summed E-state index contributed by atoms with van der Waals surface area (Å²) in [5, 5.41) is 0. The third-order valence-electron chi connectivity index (χ3n) is 2.69. The lowest BCUT2D eigenvalue weighted by molar-refractivity contribution is -0.144. The number of rotatable bonds is 8. The first-order valence-electron chi connectivity index (χ1n) is 6.11. The Hall–Kier alpha value is -0.570. The van der Waals surface area contributed by atoms with Gasteiger partial charge in [0.1, 0.15) is 0 Å². The van der Waals surface area contributed by atoms with Gasteiger partial charge in [0.2, 0.25) is 0 Å². The molecule has 3 heteroatoms. The molecular formula is C12H22O3. The Labute approximate surface area is 92.1 Å². The van der Waals surface area contributed by atoms with E-state index in [2.05, 4.69) is 6.92 Å². The lowest BCUT2D eigenvalue weighted by atomic mass is 10.1. The van der Waals surface area contributed by atoms with Crippen molar-refractivity contribution in [1.82, 2.24) is 0 Å². The maximum Gasteiger partial charge on any atom is 0.337 e. The molecule has 0 bridgehead atoms. The van der Waals surface area contributed by atoms with Crippen molar-refractivity contribution in [3.8, 4) is 0 Å². The predicted molar refractivity (Wildman–Crippen MR) is 58.7 cm³/mol. The molecule has 1 aliphatic rings. The van der Waals surface area contributed by atoms with Gasteiger partial charge >= 0.3 is 5.97 Å². The molecule has 1 saturated heterocycles. The molecule has 0 N–H and O–H groups in total. The molecule has 3 nitrogen and oxygen atoms in total. The Bertz CT molecular complexity index is 191. The highest BCUT2D eigenvalue weighted by Crippen LogP contribution is 2.28. The SMILES string of the molecule is CCCCCCC[C@H]1O[C@H]1C(=O)OCC. The monoisotopic (exact) mass is 214 g/mol. The number of unbranched alkanes of at least 4 members (excludes halogenated alkanes) is 4. The van der Waals surface area contributed by atoms with Gasteiger partial charge in [-0.05, 0) is 13.3 Å². The summed E-state index contributed by atoms with van der Waals surface area (Å²) in [5.41, 5.74) is 0. The van der Waals surface area contributed by atoms with Gasteiger partial charge in [-0.3, -0.25) is 0 Å². The van der Waals surface area contributed by atoms with Crippen molar-refractivity contribution >= 4 is 5.97 Å². The van der Waals surface area contributed by atoms with Gasteiger partial charge in [0.15, 0.2) is 6.10 Å². The number of hydrogen-bond acceptors (Lipinski definition) is 3. The summed E-state index contributed by atoms with van der Waals surface area (Å²) in [6.07, 6.45) is 7.20. The third kappa shape index (κ3) is 4.65. The fourth-order valence-electron chi connectivity index (χ4n) is 1.74. The molecule has 2 atom stereocenters. The minimum Gasteiger partial charge on any atom is -0.464 e. The zero-order chi connectivity index (χ0) is 11.1. The van der Waals surface area contributed by atoms with Crippen molar-refractivity contribution in [1.29, 1.82) is 0 Å². The van der Waals surface area contributed by atoms with Gasteiger partial charge in [-0.25, -0.2) is 4.79 Å². The van der Waals surface area contributed by atoms with Crippen LogP contribution in [0.3, 0.4) is 0 Å². The maximum absolute atomic E-state index is 11.2. The number of esters is 1. The first-order valence-corrected chi connectivity index (χ1v) is 6.11. The first-order chi connectivity index (χ1) is 7.29. The van der Waals surface area contributed by atoms with E-state index in [9.17, 15) is 4.79 Å². The zero-order valence-electron chi connectivity index (χ0n) is 9.83. The number of hydrogen-bond donors (Lipinski definition) is 0. The van der Waals surface area contributed by atoms with Gasteiger partial charge in [0.25, 0.3) is 0 Å². The van der Waals surface area contributed by atoms with E-state index >= 15 is 0 Å². The Balaban J connectivity index is 1.95. The Morgan fingerprint density at radius 2 is 1.93 bits per heavy atom. The average Bonchev–Trinajstić information content (AvgIpc) is 2.97. The maximum atomic E-state index is 11.2. The Kier molecular flexibility index (Phi) is 5.69. The van der Waals surface area contributed by atoms with Crippen molar-refractivity contribution in [3.05, 3.63) is 0 Å². The predicted octanol–water partition coefficient (Wildman–Crippen LogP) is 2.68. The van der Waals surface area contributed by atoms with Crippen molar-refractivity contribution in [2.75, 3.05) is 6.61 Å². The minimum atomic E-state index is -0.254. The second kappa shape index (κ2) is 6.83. The Morgan fingerprint density at radius 3 is 2.60 bits per heavy atom. The molecular weight excluding hydrogens is 192 g/mol. The normalized spacial score (nSPS) is 23.9. The van der Waals surface area contributed by atoms with Crippen molar-refractivity contribution < 1.29 is 14.3 Å². The molecule has 0 spiro atoms. The summed E-state index contributed by atoms with van der Waals surface area (Å²) >= 11 is 0. The standard InChI is InChI=1S/C12H22O3/c1-3-5-6-7-8-9-10-11(15-10)12(13)14-4-2/h10-11H,3-9H2,1-2H3/t10-,11-/m1/s1. The van der Waals surface area contributed by atoms with Crippen LogP contribution in [0, 0.1) is 0 Å². The molecule has 1 rings (SSSR count). The topological polar surface area (TPSA) is 38.8 Å². The van der Waals surface area contributed by atoms with Crippen LogP contribution in [0.4, 0.5) is 0 Å². The molecule has 15 heavy (non-hydrogen) atoms. The van der Waals surface area contributed by atoms with Gasteiger partial charge in [-0.15, -0.1) is 0 Å². The first kappa shape index (κ1) is 12.5. The quantitative estimate of drug-likeness (QED) is 0.354.